The first kappa shape index (κ1) is 15.3. The maximum atomic E-state index is 12.3. The van der Waals surface area contributed by atoms with E-state index in [-0.39, 0.29) is 11.5 Å². The molecule has 0 unspecified atom stereocenters. The lowest BCUT2D eigenvalue weighted by Crippen LogP contribution is -2.46. The van der Waals surface area contributed by atoms with E-state index in [0.29, 0.717) is 16.9 Å². The predicted octanol–water partition coefficient (Wildman–Crippen LogP) is 2.05. The Hall–Kier alpha value is -2.96. The van der Waals surface area contributed by atoms with Crippen molar-refractivity contribution in [1.29, 1.82) is 0 Å². The van der Waals surface area contributed by atoms with Gasteiger partial charge in [-0.2, -0.15) is 0 Å². The molecule has 26 heavy (non-hydrogen) atoms. The van der Waals surface area contributed by atoms with Gasteiger partial charge in [0.1, 0.15) is 0 Å². The summed E-state index contributed by atoms with van der Waals surface area (Å²) in [5.41, 5.74) is 10.2. The van der Waals surface area contributed by atoms with E-state index in [2.05, 4.69) is 21.8 Å². The minimum absolute atomic E-state index is 0.132. The second-order valence-corrected chi connectivity index (χ2v) is 7.17. The molecule has 7 heteroatoms. The molecule has 7 nitrogen and oxygen atoms in total. The van der Waals surface area contributed by atoms with Crippen molar-refractivity contribution in [2.75, 3.05) is 17.2 Å². The Bertz CT molecular complexity index is 1090. The molecule has 3 heterocycles. The van der Waals surface area contributed by atoms with Gasteiger partial charge in [0.2, 0.25) is 11.9 Å². The van der Waals surface area contributed by atoms with Gasteiger partial charge in [-0.3, -0.25) is 9.78 Å². The zero-order chi connectivity index (χ0) is 17.8. The van der Waals surface area contributed by atoms with Gasteiger partial charge in [-0.15, -0.1) is 0 Å². The molecule has 1 atom stereocenters. The Balaban J connectivity index is 1.70. The van der Waals surface area contributed by atoms with Crippen LogP contribution in [0, 0.1) is 0 Å². The summed E-state index contributed by atoms with van der Waals surface area (Å²) < 4.78 is 0. The fourth-order valence-electron chi connectivity index (χ4n) is 3.90. The maximum Gasteiger partial charge on any atom is 0.260 e. The molecule has 0 spiro atoms. The lowest BCUT2D eigenvalue weighted by molar-refractivity contribution is 0.470. The topological polar surface area (TPSA) is 101 Å². The van der Waals surface area contributed by atoms with E-state index in [1.807, 2.05) is 18.2 Å². The Morgan fingerprint density at radius 2 is 2.12 bits per heavy atom. The first-order valence-electron chi connectivity index (χ1n) is 9.06. The van der Waals surface area contributed by atoms with Crippen LogP contribution in [0.2, 0.25) is 0 Å². The molecule has 3 N–H and O–H groups in total. The van der Waals surface area contributed by atoms with E-state index >= 15 is 0 Å². The molecular weight excluding hydrogens is 328 g/mol. The molecule has 1 aliphatic heterocycles. The Kier molecular flexibility index (Phi) is 3.25. The Morgan fingerprint density at radius 1 is 1.23 bits per heavy atom. The lowest BCUT2D eigenvalue weighted by atomic mass is 10.0. The summed E-state index contributed by atoms with van der Waals surface area (Å²) in [6, 6.07) is 6.16. The number of nitrogen functional groups attached to an aromatic ring is 1. The number of nitrogens with zero attached hydrogens (tertiary/aromatic N) is 4. The number of benzene rings is 1. The number of hydrogen-bond acceptors (Lipinski definition) is 6. The molecule has 132 valence electrons. The molecule has 2 aromatic heterocycles. The van der Waals surface area contributed by atoms with Crippen molar-refractivity contribution in [2.24, 2.45) is 0 Å². The van der Waals surface area contributed by atoms with E-state index in [1.165, 1.54) is 12.0 Å². The van der Waals surface area contributed by atoms with Crippen molar-refractivity contribution in [3.8, 4) is 11.3 Å². The number of aromatic nitrogens is 4. The van der Waals surface area contributed by atoms with Gasteiger partial charge in [0.05, 0.1) is 16.6 Å². The van der Waals surface area contributed by atoms with Crippen molar-refractivity contribution in [3.05, 3.63) is 39.8 Å². The van der Waals surface area contributed by atoms with Gasteiger partial charge in [0, 0.05) is 29.4 Å². The molecule has 0 bridgehead atoms. The number of anilines is 2. The molecular formula is C19H20N6O. The molecule has 0 amide bonds. The third-order valence-corrected chi connectivity index (χ3v) is 5.50. The molecule has 0 saturated carbocycles. The minimum Gasteiger partial charge on any atom is -0.369 e. The monoisotopic (exact) mass is 348 g/mol. The lowest BCUT2D eigenvalue weighted by Gasteiger charge is -2.39. The summed E-state index contributed by atoms with van der Waals surface area (Å²) in [4.78, 5) is 31.0. The van der Waals surface area contributed by atoms with Gasteiger partial charge in [-0.1, -0.05) is 6.07 Å². The van der Waals surface area contributed by atoms with E-state index in [9.17, 15) is 4.79 Å². The smallest absolute Gasteiger partial charge is 0.260 e. The summed E-state index contributed by atoms with van der Waals surface area (Å²) >= 11 is 0. The second-order valence-electron chi connectivity index (χ2n) is 7.17. The summed E-state index contributed by atoms with van der Waals surface area (Å²) in [6.07, 6.45) is 4.25. The first-order chi connectivity index (χ1) is 12.6. The molecule has 1 saturated heterocycles. The SMILES string of the molecule is C[C@H]1CCN1c1nc2c(c(-c3ccc4nc(N)[nH]c(=O)c4c3)n1)CCC2. The highest BCUT2D eigenvalue weighted by atomic mass is 16.1. The van der Waals surface area contributed by atoms with Gasteiger partial charge in [-0.25, -0.2) is 15.0 Å². The van der Waals surface area contributed by atoms with Crippen LogP contribution in [0.15, 0.2) is 23.0 Å². The molecule has 1 fully saturated rings. The van der Waals surface area contributed by atoms with Crippen LogP contribution in [0.3, 0.4) is 0 Å². The van der Waals surface area contributed by atoms with Crippen molar-refractivity contribution in [2.45, 2.75) is 38.6 Å². The Morgan fingerprint density at radius 3 is 2.88 bits per heavy atom. The van der Waals surface area contributed by atoms with Crippen LogP contribution < -0.4 is 16.2 Å². The van der Waals surface area contributed by atoms with E-state index in [1.54, 1.807) is 0 Å². The standard InChI is InChI=1S/C19H20N6O/c1-10-7-8-25(10)19-22-14-4-2-3-12(14)16(23-19)11-5-6-15-13(9-11)17(26)24-18(20)21-15/h5-6,9-10H,2-4,7-8H2,1H3,(H3,20,21,24,26)/t10-/m0/s1. The third kappa shape index (κ3) is 2.27. The number of aromatic amines is 1. The van der Waals surface area contributed by atoms with Gasteiger partial charge < -0.3 is 10.6 Å². The minimum atomic E-state index is -0.225. The van der Waals surface area contributed by atoms with E-state index in [4.69, 9.17) is 15.7 Å². The van der Waals surface area contributed by atoms with Crippen molar-refractivity contribution in [1.82, 2.24) is 19.9 Å². The average Bonchev–Trinajstić information content (AvgIpc) is 3.08. The van der Waals surface area contributed by atoms with Crippen molar-refractivity contribution < 1.29 is 0 Å². The average molecular weight is 348 g/mol. The first-order valence-corrected chi connectivity index (χ1v) is 9.06. The number of H-pyrrole nitrogens is 1. The summed E-state index contributed by atoms with van der Waals surface area (Å²) in [6.45, 7) is 3.20. The molecule has 5 rings (SSSR count). The van der Waals surface area contributed by atoms with Gasteiger partial charge in [0.25, 0.3) is 5.56 Å². The van der Waals surface area contributed by atoms with Crippen LogP contribution in [-0.4, -0.2) is 32.5 Å². The van der Waals surface area contributed by atoms with Gasteiger partial charge in [0.15, 0.2) is 0 Å². The summed E-state index contributed by atoms with van der Waals surface area (Å²) in [7, 11) is 0. The number of nitrogens with two attached hydrogens (primary N) is 1. The van der Waals surface area contributed by atoms with Crippen LogP contribution in [0.5, 0.6) is 0 Å². The highest BCUT2D eigenvalue weighted by molar-refractivity contribution is 5.84. The normalized spacial score (nSPS) is 18.8. The fourth-order valence-corrected chi connectivity index (χ4v) is 3.90. The second kappa shape index (κ2) is 5.52. The summed E-state index contributed by atoms with van der Waals surface area (Å²) in [5, 5.41) is 0.529. The Labute approximate surface area is 150 Å². The van der Waals surface area contributed by atoms with Crippen LogP contribution in [0.4, 0.5) is 11.9 Å². The highest BCUT2D eigenvalue weighted by Gasteiger charge is 2.29. The number of nitrogens with one attached hydrogen (secondary N) is 1. The molecule has 1 aliphatic carbocycles. The number of hydrogen-bond donors (Lipinski definition) is 2. The highest BCUT2D eigenvalue weighted by Crippen LogP contribution is 2.34. The number of aryl methyl sites for hydroxylation is 1. The van der Waals surface area contributed by atoms with E-state index < -0.39 is 0 Å². The van der Waals surface area contributed by atoms with Crippen LogP contribution >= 0.6 is 0 Å². The van der Waals surface area contributed by atoms with Crippen LogP contribution in [0.25, 0.3) is 22.2 Å². The van der Waals surface area contributed by atoms with Crippen LogP contribution in [0.1, 0.15) is 31.0 Å². The quantitative estimate of drug-likeness (QED) is 0.735. The number of fused-ring (bicyclic) bond motifs is 2. The fraction of sp³-hybridized carbons (Fsp3) is 0.368. The molecule has 0 radical (unpaired) electrons. The van der Waals surface area contributed by atoms with E-state index in [0.717, 1.165) is 48.7 Å². The molecule has 3 aromatic rings. The zero-order valence-corrected chi connectivity index (χ0v) is 14.6. The van der Waals surface area contributed by atoms with Crippen molar-refractivity contribution >= 4 is 22.8 Å². The number of rotatable bonds is 2. The van der Waals surface area contributed by atoms with Gasteiger partial charge >= 0.3 is 0 Å². The third-order valence-electron chi connectivity index (χ3n) is 5.50. The maximum absolute atomic E-state index is 12.3. The predicted molar refractivity (Wildman–Crippen MR) is 101 cm³/mol. The summed E-state index contributed by atoms with van der Waals surface area (Å²) in [5.74, 6) is 0.941. The van der Waals surface area contributed by atoms with Crippen LogP contribution in [-0.2, 0) is 12.8 Å². The van der Waals surface area contributed by atoms with Crippen molar-refractivity contribution in [3.63, 3.8) is 0 Å². The largest absolute Gasteiger partial charge is 0.369 e. The molecule has 2 aliphatic rings. The zero-order valence-electron chi connectivity index (χ0n) is 14.6. The molecule has 1 aromatic carbocycles. The van der Waals surface area contributed by atoms with Gasteiger partial charge in [-0.05, 0) is 44.7 Å².